The SMILES string of the molecule is CCc1cccc(CC)c1NC(=O)C(C)n1cnc2sc(C)c(-c3ccc(Cl)cc3)c2c1=O. The first-order valence-corrected chi connectivity index (χ1v) is 12.2. The molecule has 0 aliphatic rings. The molecule has 0 aliphatic carbocycles. The number of carbonyl (C=O) groups excluding carboxylic acids is 1. The van der Waals surface area contributed by atoms with Gasteiger partial charge in [-0.3, -0.25) is 14.2 Å². The predicted octanol–water partition coefficient (Wildman–Crippen LogP) is 6.41. The lowest BCUT2D eigenvalue weighted by Crippen LogP contribution is -2.32. The van der Waals surface area contributed by atoms with Gasteiger partial charge in [-0.05, 0) is 55.5 Å². The molecular weight excluding hydrogens is 454 g/mol. The summed E-state index contributed by atoms with van der Waals surface area (Å²) in [5.74, 6) is -0.242. The summed E-state index contributed by atoms with van der Waals surface area (Å²) >= 11 is 7.53. The zero-order valence-electron chi connectivity index (χ0n) is 19.1. The standard InChI is InChI=1S/C26H26ClN3O2S/c1-5-17-8-7-9-18(6-2)23(17)29-24(31)15(3)30-14-28-25-22(26(30)32)21(16(4)33-25)19-10-12-20(27)13-11-19/h7-15H,5-6H2,1-4H3,(H,29,31). The minimum Gasteiger partial charge on any atom is -0.324 e. The number of amides is 1. The fourth-order valence-electron chi connectivity index (χ4n) is 4.11. The van der Waals surface area contributed by atoms with Gasteiger partial charge in [0.15, 0.2) is 0 Å². The van der Waals surface area contributed by atoms with Gasteiger partial charge in [0, 0.05) is 21.2 Å². The van der Waals surface area contributed by atoms with Gasteiger partial charge in [-0.1, -0.05) is 55.8 Å². The number of aryl methyl sites for hydroxylation is 3. The molecule has 1 amide bonds. The molecule has 0 bridgehead atoms. The summed E-state index contributed by atoms with van der Waals surface area (Å²) in [6, 6.07) is 12.7. The van der Waals surface area contributed by atoms with Crippen LogP contribution in [0.4, 0.5) is 5.69 Å². The Hall–Kier alpha value is -2.96. The van der Waals surface area contributed by atoms with E-state index in [4.69, 9.17) is 11.6 Å². The normalized spacial score (nSPS) is 12.2. The Morgan fingerprint density at radius 1 is 1.12 bits per heavy atom. The predicted molar refractivity (Wildman–Crippen MR) is 138 cm³/mol. The van der Waals surface area contributed by atoms with Crippen LogP contribution in [0.1, 0.15) is 42.8 Å². The minimum atomic E-state index is -0.720. The highest BCUT2D eigenvalue weighted by molar-refractivity contribution is 7.19. The number of anilines is 1. The number of nitrogens with zero attached hydrogens (tertiary/aromatic N) is 2. The molecule has 7 heteroatoms. The zero-order valence-corrected chi connectivity index (χ0v) is 20.7. The van der Waals surface area contributed by atoms with Crippen molar-refractivity contribution in [3.8, 4) is 11.1 Å². The quantitative estimate of drug-likeness (QED) is 0.347. The van der Waals surface area contributed by atoms with Crippen molar-refractivity contribution in [3.05, 3.63) is 80.2 Å². The van der Waals surface area contributed by atoms with Crippen molar-refractivity contribution in [2.75, 3.05) is 5.32 Å². The fourth-order valence-corrected chi connectivity index (χ4v) is 5.24. The van der Waals surface area contributed by atoms with Gasteiger partial charge in [0.25, 0.3) is 5.56 Å². The molecule has 4 rings (SSSR count). The summed E-state index contributed by atoms with van der Waals surface area (Å²) in [6.07, 6.45) is 3.09. The molecule has 4 aromatic rings. The number of halogens is 1. The molecule has 0 spiro atoms. The lowest BCUT2D eigenvalue weighted by molar-refractivity contribution is -0.118. The molecule has 33 heavy (non-hydrogen) atoms. The Kier molecular flexibility index (Phi) is 6.68. The maximum absolute atomic E-state index is 13.6. The van der Waals surface area contributed by atoms with Gasteiger partial charge in [0.05, 0.1) is 11.7 Å². The van der Waals surface area contributed by atoms with E-state index in [-0.39, 0.29) is 11.5 Å². The van der Waals surface area contributed by atoms with Gasteiger partial charge in [-0.15, -0.1) is 11.3 Å². The van der Waals surface area contributed by atoms with Crippen LogP contribution in [-0.2, 0) is 17.6 Å². The van der Waals surface area contributed by atoms with E-state index in [9.17, 15) is 9.59 Å². The van der Waals surface area contributed by atoms with Crippen LogP contribution in [0.3, 0.4) is 0 Å². The van der Waals surface area contributed by atoms with Crippen molar-refractivity contribution in [2.24, 2.45) is 0 Å². The smallest absolute Gasteiger partial charge is 0.263 e. The van der Waals surface area contributed by atoms with Gasteiger partial charge >= 0.3 is 0 Å². The molecule has 0 aliphatic heterocycles. The van der Waals surface area contributed by atoms with Gasteiger partial charge in [0.1, 0.15) is 10.9 Å². The Labute approximate surface area is 202 Å². The molecule has 1 unspecified atom stereocenters. The number of rotatable bonds is 6. The molecular formula is C26H26ClN3O2S. The third-order valence-electron chi connectivity index (χ3n) is 5.99. The Balaban J connectivity index is 1.76. The highest BCUT2D eigenvalue weighted by Gasteiger charge is 2.23. The maximum atomic E-state index is 13.6. The number of para-hydroxylation sites is 1. The Morgan fingerprint density at radius 3 is 2.36 bits per heavy atom. The highest BCUT2D eigenvalue weighted by Crippen LogP contribution is 2.36. The summed E-state index contributed by atoms with van der Waals surface area (Å²) in [5.41, 5.74) is 4.52. The largest absolute Gasteiger partial charge is 0.324 e. The first-order chi connectivity index (χ1) is 15.8. The molecule has 2 aromatic carbocycles. The molecule has 170 valence electrons. The third kappa shape index (κ3) is 4.33. The van der Waals surface area contributed by atoms with E-state index in [0.29, 0.717) is 15.2 Å². The summed E-state index contributed by atoms with van der Waals surface area (Å²) in [5, 5.41) is 4.24. The summed E-state index contributed by atoms with van der Waals surface area (Å²) < 4.78 is 1.42. The van der Waals surface area contributed by atoms with Crippen LogP contribution in [0.25, 0.3) is 21.3 Å². The number of hydrogen-bond donors (Lipinski definition) is 1. The van der Waals surface area contributed by atoms with Crippen LogP contribution in [0, 0.1) is 6.92 Å². The second-order valence-electron chi connectivity index (χ2n) is 8.00. The molecule has 0 radical (unpaired) electrons. The minimum absolute atomic E-state index is 0.226. The second kappa shape index (κ2) is 9.49. The van der Waals surface area contributed by atoms with E-state index in [2.05, 4.69) is 24.1 Å². The van der Waals surface area contributed by atoms with Crippen molar-refractivity contribution in [1.29, 1.82) is 0 Å². The van der Waals surface area contributed by atoms with Crippen LogP contribution < -0.4 is 10.9 Å². The topological polar surface area (TPSA) is 64.0 Å². The number of benzene rings is 2. The number of carbonyl (C=O) groups is 1. The van der Waals surface area contributed by atoms with Gasteiger partial charge in [0.2, 0.25) is 5.91 Å². The molecule has 0 saturated carbocycles. The average Bonchev–Trinajstić information content (AvgIpc) is 3.16. The summed E-state index contributed by atoms with van der Waals surface area (Å²) in [7, 11) is 0. The van der Waals surface area contributed by atoms with Gasteiger partial charge in [-0.2, -0.15) is 0 Å². The first-order valence-electron chi connectivity index (χ1n) is 11.0. The molecule has 2 heterocycles. The average molecular weight is 480 g/mol. The molecule has 5 nitrogen and oxygen atoms in total. The summed E-state index contributed by atoms with van der Waals surface area (Å²) in [4.78, 5) is 33.0. The lowest BCUT2D eigenvalue weighted by Gasteiger charge is -2.19. The number of nitrogens with one attached hydrogen (secondary N) is 1. The van der Waals surface area contributed by atoms with Crippen molar-refractivity contribution in [3.63, 3.8) is 0 Å². The molecule has 0 fully saturated rings. The van der Waals surface area contributed by atoms with Gasteiger partial charge in [-0.25, -0.2) is 4.98 Å². The number of fused-ring (bicyclic) bond motifs is 1. The number of aromatic nitrogens is 2. The van der Waals surface area contributed by atoms with Crippen LogP contribution in [0.15, 0.2) is 53.6 Å². The van der Waals surface area contributed by atoms with E-state index in [1.165, 1.54) is 22.2 Å². The first kappa shape index (κ1) is 23.2. The van der Waals surface area contributed by atoms with Crippen molar-refractivity contribution in [2.45, 2.75) is 46.6 Å². The van der Waals surface area contributed by atoms with Crippen molar-refractivity contribution < 1.29 is 4.79 Å². The highest BCUT2D eigenvalue weighted by atomic mass is 35.5. The van der Waals surface area contributed by atoms with Crippen LogP contribution in [0.5, 0.6) is 0 Å². The van der Waals surface area contributed by atoms with E-state index in [1.54, 1.807) is 19.1 Å². The second-order valence-corrected chi connectivity index (χ2v) is 9.64. The third-order valence-corrected chi connectivity index (χ3v) is 7.26. The van der Waals surface area contributed by atoms with Crippen LogP contribution in [-0.4, -0.2) is 15.5 Å². The summed E-state index contributed by atoms with van der Waals surface area (Å²) in [6.45, 7) is 7.83. The Morgan fingerprint density at radius 2 is 1.76 bits per heavy atom. The fraction of sp³-hybridized carbons (Fsp3) is 0.269. The zero-order chi connectivity index (χ0) is 23.7. The van der Waals surface area contributed by atoms with E-state index < -0.39 is 6.04 Å². The van der Waals surface area contributed by atoms with E-state index in [1.807, 2.05) is 37.3 Å². The molecule has 0 saturated heterocycles. The monoisotopic (exact) mass is 479 g/mol. The molecule has 1 atom stereocenters. The molecule has 2 aromatic heterocycles. The number of thiophene rings is 1. The molecule has 1 N–H and O–H groups in total. The van der Waals surface area contributed by atoms with Crippen molar-refractivity contribution >= 4 is 44.7 Å². The number of hydrogen-bond acceptors (Lipinski definition) is 4. The van der Waals surface area contributed by atoms with Crippen LogP contribution in [0.2, 0.25) is 5.02 Å². The van der Waals surface area contributed by atoms with Crippen molar-refractivity contribution in [1.82, 2.24) is 9.55 Å². The van der Waals surface area contributed by atoms with E-state index in [0.717, 1.165) is 45.7 Å². The Bertz CT molecular complexity index is 1370. The maximum Gasteiger partial charge on any atom is 0.263 e. The van der Waals surface area contributed by atoms with Gasteiger partial charge < -0.3 is 5.32 Å². The lowest BCUT2D eigenvalue weighted by atomic mass is 10.0. The van der Waals surface area contributed by atoms with E-state index >= 15 is 0 Å². The van der Waals surface area contributed by atoms with Crippen LogP contribution >= 0.6 is 22.9 Å².